The molecular formula is C33H23F39Sn. The van der Waals surface area contributed by atoms with Crippen LogP contribution in [0.25, 0.3) is 0 Å². The predicted octanol–water partition coefficient (Wildman–Crippen LogP) is 17.6. The molecule has 0 aliphatic carbocycles. The van der Waals surface area contributed by atoms with E-state index in [0.717, 1.165) is 18.2 Å². The second-order valence-corrected chi connectivity index (χ2v) is 30.0. The Bertz CT molecular complexity index is 1820. The second kappa shape index (κ2) is 19.3. The quantitative estimate of drug-likeness (QED) is 0.0715. The molecule has 0 saturated carbocycles. The maximum atomic E-state index is 15.1. The van der Waals surface area contributed by atoms with Crippen molar-refractivity contribution >= 4 is 18.4 Å². The minimum absolute atomic E-state index is 0.392. The molecule has 0 aliphatic heterocycles. The van der Waals surface area contributed by atoms with Crippen LogP contribution in [0.4, 0.5) is 171 Å². The molecule has 1 aromatic carbocycles. The number of halogens is 39. The van der Waals surface area contributed by atoms with Crippen molar-refractivity contribution in [1.29, 1.82) is 0 Å². The SMILES string of the molecule is CC([CH2][Sn]([CH2]CC(F)(F)C(F)(F)C(F)(F)C(F)(F)C(F)(F)C(F)(F)F)([CH2]CC(F)(F)C(F)(F)C(F)(F)C(F)(F)C(F)(F)C(F)(F)F)[CH2]CC(F)(F)C(F)(F)C(F)(F)C(F)(F)C(F)(F)C(F)(F)F)c1ccccc1. The van der Waals surface area contributed by atoms with Crippen LogP contribution < -0.4 is 0 Å². The van der Waals surface area contributed by atoms with Gasteiger partial charge in [-0.05, 0) is 0 Å². The van der Waals surface area contributed by atoms with Gasteiger partial charge in [-0.1, -0.05) is 0 Å². The topological polar surface area (TPSA) is 0 Å². The Hall–Kier alpha value is -2.71. The third-order valence-corrected chi connectivity index (χ3v) is 26.5. The summed E-state index contributed by atoms with van der Waals surface area (Å²) in [5, 5.41) is 0. The molecule has 0 aromatic heterocycles. The standard InChI is InChI=1S/C9H11.3C8H4F13.Sn/c1-8(2)9-6-4-3-5-7-9;3*1-2-3(9,10)4(11,12)5(13,14)6(15,16)7(17,18)8(19,20)21;/h3-8H,1H2,2H3;3*1-2H2;. The van der Waals surface area contributed by atoms with Gasteiger partial charge in [0.2, 0.25) is 0 Å². The summed E-state index contributed by atoms with van der Waals surface area (Å²) < 4.78 is 531. The molecule has 0 bridgehead atoms. The molecule has 1 aromatic rings. The zero-order chi connectivity index (χ0) is 59.1. The Labute approximate surface area is 382 Å². The van der Waals surface area contributed by atoms with Gasteiger partial charge in [0.1, 0.15) is 0 Å². The van der Waals surface area contributed by atoms with E-state index in [-0.39, 0.29) is 0 Å². The Balaban J connectivity index is 4.46. The van der Waals surface area contributed by atoms with Crippen LogP contribution >= 0.6 is 0 Å². The van der Waals surface area contributed by atoms with Gasteiger partial charge in [-0.2, -0.15) is 0 Å². The summed E-state index contributed by atoms with van der Waals surface area (Å²) in [7, 11) is 0. The van der Waals surface area contributed by atoms with Crippen LogP contribution in [0.1, 0.15) is 37.7 Å². The van der Waals surface area contributed by atoms with Gasteiger partial charge in [-0.15, -0.1) is 0 Å². The van der Waals surface area contributed by atoms with E-state index < -0.39 is 174 Å². The van der Waals surface area contributed by atoms with Gasteiger partial charge in [-0.25, -0.2) is 0 Å². The maximum absolute atomic E-state index is 15.1. The van der Waals surface area contributed by atoms with Gasteiger partial charge in [0.15, 0.2) is 0 Å². The minimum atomic E-state index is -8.85. The second-order valence-electron chi connectivity index (χ2n) is 16.0. The van der Waals surface area contributed by atoms with E-state index in [1.807, 2.05) is 0 Å². The first-order valence-electron chi connectivity index (χ1n) is 18.3. The van der Waals surface area contributed by atoms with Crippen molar-refractivity contribution in [2.45, 2.75) is 157 Å². The molecule has 1 rings (SSSR count). The third kappa shape index (κ3) is 10.8. The van der Waals surface area contributed by atoms with Gasteiger partial charge in [0.05, 0.1) is 0 Å². The molecule has 0 spiro atoms. The molecular weight excluding hydrogens is 1260 g/mol. The van der Waals surface area contributed by atoms with Crippen LogP contribution in [0.3, 0.4) is 0 Å². The Morgan fingerprint density at radius 1 is 0.288 bits per heavy atom. The molecule has 73 heavy (non-hydrogen) atoms. The van der Waals surface area contributed by atoms with Crippen molar-refractivity contribution in [3.8, 4) is 0 Å². The van der Waals surface area contributed by atoms with Gasteiger partial charge in [0.25, 0.3) is 0 Å². The number of hydrogen-bond donors (Lipinski definition) is 0. The average Bonchev–Trinajstić information content (AvgIpc) is 3.19. The first-order valence-corrected chi connectivity index (χ1v) is 26.4. The molecule has 0 N–H and O–H groups in total. The molecule has 0 fully saturated rings. The van der Waals surface area contributed by atoms with Crippen molar-refractivity contribution in [1.82, 2.24) is 0 Å². The summed E-state index contributed by atoms with van der Waals surface area (Å²) in [6.45, 7) is 0.392. The fourth-order valence-electron chi connectivity index (χ4n) is 6.37. The van der Waals surface area contributed by atoms with E-state index in [1.165, 1.54) is 0 Å². The number of hydrogen-bond acceptors (Lipinski definition) is 0. The van der Waals surface area contributed by atoms with Crippen molar-refractivity contribution in [2.24, 2.45) is 0 Å². The van der Waals surface area contributed by atoms with Crippen LogP contribution in [0, 0.1) is 0 Å². The summed E-state index contributed by atoms with van der Waals surface area (Å²) in [5.41, 5.74) is -0.684. The summed E-state index contributed by atoms with van der Waals surface area (Å²) in [4.78, 5) is 0. The normalized spacial score (nSPS) is 16.8. The van der Waals surface area contributed by atoms with Gasteiger partial charge in [-0.3, -0.25) is 0 Å². The zero-order valence-electron chi connectivity index (χ0n) is 34.2. The van der Waals surface area contributed by atoms with E-state index in [1.54, 1.807) is 0 Å². The molecule has 1 atom stereocenters. The first-order chi connectivity index (χ1) is 31.4. The van der Waals surface area contributed by atoms with Crippen LogP contribution in [-0.4, -0.2) is 126 Å². The summed E-state index contributed by atoms with van der Waals surface area (Å²) in [6.07, 6.45) is -36.3. The van der Waals surface area contributed by atoms with E-state index >= 15 is 26.3 Å². The Morgan fingerprint density at radius 2 is 0.479 bits per heavy atom. The third-order valence-electron chi connectivity index (χ3n) is 11.0. The average molecular weight is 1280 g/mol. The fraction of sp³-hybridized carbons (Fsp3) is 0.818. The Morgan fingerprint density at radius 3 is 0.671 bits per heavy atom. The first kappa shape index (κ1) is 68.3. The van der Waals surface area contributed by atoms with Crippen molar-refractivity contribution in [3.05, 3.63) is 35.9 Å². The fourth-order valence-corrected chi connectivity index (χ4v) is 21.9. The summed E-state index contributed by atoms with van der Waals surface area (Å²) in [6, 6.07) is 3.67. The molecule has 0 heterocycles. The number of benzene rings is 1. The van der Waals surface area contributed by atoms with Crippen molar-refractivity contribution < 1.29 is 171 Å². The molecule has 40 heteroatoms. The molecule has 0 radical (unpaired) electrons. The number of alkyl halides is 39. The molecule has 0 nitrogen and oxygen atoms in total. The Kier molecular flexibility index (Phi) is 18.1. The van der Waals surface area contributed by atoms with Crippen molar-refractivity contribution in [2.75, 3.05) is 0 Å². The van der Waals surface area contributed by atoms with E-state index in [0.29, 0.717) is 19.1 Å². The monoisotopic (exact) mass is 1280 g/mol. The van der Waals surface area contributed by atoms with Crippen LogP contribution in [-0.2, 0) is 0 Å². The van der Waals surface area contributed by atoms with Crippen LogP contribution in [0.15, 0.2) is 30.3 Å². The van der Waals surface area contributed by atoms with E-state index in [9.17, 15) is 145 Å². The van der Waals surface area contributed by atoms with Gasteiger partial charge in [0, 0.05) is 0 Å². The van der Waals surface area contributed by atoms with E-state index in [2.05, 4.69) is 0 Å². The molecule has 432 valence electrons. The molecule has 1 unspecified atom stereocenters. The number of rotatable bonds is 24. The summed E-state index contributed by atoms with van der Waals surface area (Å²) in [5.74, 6) is -129. The molecule has 0 aliphatic rings. The van der Waals surface area contributed by atoms with Gasteiger partial charge >= 0.3 is 383 Å². The van der Waals surface area contributed by atoms with Crippen LogP contribution in [0.2, 0.25) is 17.7 Å². The van der Waals surface area contributed by atoms with Crippen LogP contribution in [0.5, 0.6) is 0 Å². The predicted molar refractivity (Wildman–Crippen MR) is 166 cm³/mol. The zero-order valence-corrected chi connectivity index (χ0v) is 37.0. The van der Waals surface area contributed by atoms with E-state index in [4.69, 9.17) is 0 Å². The summed E-state index contributed by atoms with van der Waals surface area (Å²) >= 11 is -7.99. The molecule has 0 amide bonds. The van der Waals surface area contributed by atoms with Gasteiger partial charge < -0.3 is 0 Å². The molecule has 0 saturated heterocycles. The van der Waals surface area contributed by atoms with Crippen molar-refractivity contribution in [3.63, 3.8) is 0 Å².